The van der Waals surface area contributed by atoms with E-state index < -0.39 is 12.1 Å². The van der Waals surface area contributed by atoms with E-state index in [-0.39, 0.29) is 5.91 Å². The average Bonchev–Trinajstić information content (AvgIpc) is 2.51. The van der Waals surface area contributed by atoms with E-state index in [9.17, 15) is 10.1 Å². The zero-order valence-corrected chi connectivity index (χ0v) is 12.8. The van der Waals surface area contributed by atoms with Crippen LogP contribution in [0.4, 0.5) is 0 Å². The minimum absolute atomic E-state index is 0.312. The van der Waals surface area contributed by atoms with Crippen LogP contribution in [-0.2, 0) is 4.79 Å². The van der Waals surface area contributed by atoms with Gasteiger partial charge in [0.1, 0.15) is 6.04 Å². The van der Waals surface area contributed by atoms with Crippen molar-refractivity contribution in [3.63, 3.8) is 0 Å². The van der Waals surface area contributed by atoms with Crippen LogP contribution in [0.5, 0.6) is 0 Å². The van der Waals surface area contributed by atoms with Crippen LogP contribution >= 0.6 is 0 Å². The molecule has 2 unspecified atom stereocenters. The number of carbonyl (C=O) groups excluding carboxylic acids is 1. The standard InChI is InChI=1S/C17H20N4O/c1-11(2)7-15(19)17(22)21-16(8-18)14-10-20-9-12-5-3-4-6-13(12)14/h3-6,9-11,15-16H,7,19H2,1-2H3,(H,21,22). The molecule has 3 N–H and O–H groups in total. The lowest BCUT2D eigenvalue weighted by Crippen LogP contribution is -2.42. The lowest BCUT2D eigenvalue weighted by molar-refractivity contribution is -0.123. The summed E-state index contributed by atoms with van der Waals surface area (Å²) in [4.78, 5) is 16.3. The Morgan fingerprint density at radius 1 is 1.36 bits per heavy atom. The van der Waals surface area contributed by atoms with Gasteiger partial charge in [-0.2, -0.15) is 5.26 Å². The van der Waals surface area contributed by atoms with Gasteiger partial charge in [-0.15, -0.1) is 0 Å². The van der Waals surface area contributed by atoms with E-state index >= 15 is 0 Å². The predicted molar refractivity (Wildman–Crippen MR) is 85.7 cm³/mol. The Balaban J connectivity index is 2.25. The van der Waals surface area contributed by atoms with Crippen LogP contribution < -0.4 is 11.1 Å². The number of amides is 1. The zero-order chi connectivity index (χ0) is 16.1. The molecule has 0 fully saturated rings. The van der Waals surface area contributed by atoms with Gasteiger partial charge >= 0.3 is 0 Å². The van der Waals surface area contributed by atoms with Crippen molar-refractivity contribution in [2.75, 3.05) is 0 Å². The van der Waals surface area contributed by atoms with Gasteiger partial charge < -0.3 is 11.1 Å². The number of aromatic nitrogens is 1. The third kappa shape index (κ3) is 3.60. The molecule has 5 heteroatoms. The summed E-state index contributed by atoms with van der Waals surface area (Å²) in [5.74, 6) is 0.00805. The molecule has 1 aromatic carbocycles. The average molecular weight is 296 g/mol. The summed E-state index contributed by atoms with van der Waals surface area (Å²) in [6.45, 7) is 4.01. The number of carbonyl (C=O) groups is 1. The second kappa shape index (κ2) is 7.01. The van der Waals surface area contributed by atoms with Crippen molar-refractivity contribution in [2.24, 2.45) is 11.7 Å². The van der Waals surface area contributed by atoms with Gasteiger partial charge in [-0.05, 0) is 17.7 Å². The number of hydrogen-bond acceptors (Lipinski definition) is 4. The second-order valence-electron chi connectivity index (χ2n) is 5.76. The Hall–Kier alpha value is -2.45. The number of fused-ring (bicyclic) bond motifs is 1. The molecule has 0 aliphatic rings. The highest BCUT2D eigenvalue weighted by Crippen LogP contribution is 2.23. The number of nitrogens with zero attached hydrogens (tertiary/aromatic N) is 2. The first-order valence-corrected chi connectivity index (χ1v) is 7.31. The van der Waals surface area contributed by atoms with E-state index in [0.717, 1.165) is 10.8 Å². The number of pyridine rings is 1. The molecule has 0 spiro atoms. The number of rotatable bonds is 5. The van der Waals surface area contributed by atoms with Crippen LogP contribution in [0.15, 0.2) is 36.7 Å². The van der Waals surface area contributed by atoms with Crippen molar-refractivity contribution in [1.29, 1.82) is 5.26 Å². The molecule has 1 aromatic heterocycles. The van der Waals surface area contributed by atoms with Gasteiger partial charge in [0.15, 0.2) is 0 Å². The number of nitriles is 1. The molecule has 2 atom stereocenters. The summed E-state index contributed by atoms with van der Waals surface area (Å²) in [6.07, 6.45) is 3.93. The first-order chi connectivity index (χ1) is 10.5. The third-order valence-electron chi connectivity index (χ3n) is 3.49. The molecule has 0 radical (unpaired) electrons. The van der Waals surface area contributed by atoms with E-state index in [0.29, 0.717) is 17.9 Å². The summed E-state index contributed by atoms with van der Waals surface area (Å²) >= 11 is 0. The molecule has 5 nitrogen and oxygen atoms in total. The Morgan fingerprint density at radius 2 is 2.09 bits per heavy atom. The highest BCUT2D eigenvalue weighted by atomic mass is 16.2. The van der Waals surface area contributed by atoms with E-state index in [4.69, 9.17) is 5.73 Å². The number of hydrogen-bond donors (Lipinski definition) is 2. The monoisotopic (exact) mass is 296 g/mol. The molecule has 0 bridgehead atoms. The van der Waals surface area contributed by atoms with Gasteiger partial charge in [-0.25, -0.2) is 0 Å². The highest BCUT2D eigenvalue weighted by molar-refractivity contribution is 5.87. The molecular formula is C17H20N4O. The Morgan fingerprint density at radius 3 is 2.77 bits per heavy atom. The SMILES string of the molecule is CC(C)CC(N)C(=O)NC(C#N)c1cncc2ccccc12. The maximum absolute atomic E-state index is 12.1. The van der Waals surface area contributed by atoms with Crippen LogP contribution in [0.1, 0.15) is 31.9 Å². The van der Waals surface area contributed by atoms with E-state index in [1.807, 2.05) is 38.1 Å². The predicted octanol–water partition coefficient (Wildman–Crippen LogP) is 2.29. The molecule has 0 aliphatic carbocycles. The Labute approximate surface area is 130 Å². The van der Waals surface area contributed by atoms with Crippen LogP contribution in [0, 0.1) is 17.2 Å². The number of nitrogens with two attached hydrogens (primary N) is 1. The summed E-state index contributed by atoms with van der Waals surface area (Å²) in [6, 6.07) is 8.39. The van der Waals surface area contributed by atoms with Crippen molar-refractivity contribution >= 4 is 16.7 Å². The van der Waals surface area contributed by atoms with Gasteiger partial charge in [-0.3, -0.25) is 9.78 Å². The van der Waals surface area contributed by atoms with Crippen LogP contribution in [0.25, 0.3) is 10.8 Å². The largest absolute Gasteiger partial charge is 0.335 e. The van der Waals surface area contributed by atoms with E-state index in [2.05, 4.69) is 16.4 Å². The summed E-state index contributed by atoms with van der Waals surface area (Å²) in [5, 5.41) is 14.0. The van der Waals surface area contributed by atoms with Gasteiger partial charge in [0, 0.05) is 23.3 Å². The van der Waals surface area contributed by atoms with Crippen molar-refractivity contribution in [2.45, 2.75) is 32.4 Å². The molecule has 114 valence electrons. The first-order valence-electron chi connectivity index (χ1n) is 7.31. The lowest BCUT2D eigenvalue weighted by Gasteiger charge is -2.18. The summed E-state index contributed by atoms with van der Waals surface area (Å²) in [5.41, 5.74) is 6.56. The zero-order valence-electron chi connectivity index (χ0n) is 12.8. The molecule has 22 heavy (non-hydrogen) atoms. The quantitative estimate of drug-likeness (QED) is 0.885. The molecule has 0 saturated carbocycles. The summed E-state index contributed by atoms with van der Waals surface area (Å²) < 4.78 is 0. The fraction of sp³-hybridized carbons (Fsp3) is 0.353. The van der Waals surface area contributed by atoms with E-state index in [1.165, 1.54) is 0 Å². The van der Waals surface area contributed by atoms with Gasteiger partial charge in [-0.1, -0.05) is 38.1 Å². The molecule has 2 rings (SSSR count). The van der Waals surface area contributed by atoms with Crippen molar-refractivity contribution < 1.29 is 4.79 Å². The van der Waals surface area contributed by atoms with Crippen LogP contribution in [-0.4, -0.2) is 16.9 Å². The summed E-state index contributed by atoms with van der Waals surface area (Å²) in [7, 11) is 0. The molecule has 2 aromatic rings. The fourth-order valence-electron chi connectivity index (χ4n) is 2.41. The maximum atomic E-state index is 12.1. The minimum Gasteiger partial charge on any atom is -0.335 e. The fourth-order valence-corrected chi connectivity index (χ4v) is 2.41. The molecular weight excluding hydrogens is 276 g/mol. The Bertz CT molecular complexity index is 700. The Kier molecular flexibility index (Phi) is 5.08. The minimum atomic E-state index is -0.760. The van der Waals surface area contributed by atoms with Crippen molar-refractivity contribution in [1.82, 2.24) is 10.3 Å². The van der Waals surface area contributed by atoms with Crippen molar-refractivity contribution in [3.8, 4) is 6.07 Å². The molecule has 0 saturated heterocycles. The van der Waals surface area contributed by atoms with Crippen LogP contribution in [0.3, 0.4) is 0 Å². The van der Waals surface area contributed by atoms with Crippen LogP contribution in [0.2, 0.25) is 0 Å². The molecule has 1 amide bonds. The highest BCUT2D eigenvalue weighted by Gasteiger charge is 2.21. The van der Waals surface area contributed by atoms with Gasteiger partial charge in [0.2, 0.25) is 5.91 Å². The number of benzene rings is 1. The van der Waals surface area contributed by atoms with Gasteiger partial charge in [0.25, 0.3) is 0 Å². The molecule has 1 heterocycles. The topological polar surface area (TPSA) is 91.8 Å². The van der Waals surface area contributed by atoms with E-state index in [1.54, 1.807) is 12.4 Å². The normalized spacial score (nSPS) is 13.6. The smallest absolute Gasteiger partial charge is 0.238 e. The van der Waals surface area contributed by atoms with Gasteiger partial charge in [0.05, 0.1) is 12.1 Å². The molecule has 0 aliphatic heterocycles. The van der Waals surface area contributed by atoms with Crippen molar-refractivity contribution in [3.05, 3.63) is 42.2 Å². The number of nitrogens with one attached hydrogen (secondary N) is 1. The maximum Gasteiger partial charge on any atom is 0.238 e. The first kappa shape index (κ1) is 15.9. The third-order valence-corrected chi connectivity index (χ3v) is 3.49. The lowest BCUT2D eigenvalue weighted by atomic mass is 10.0. The second-order valence-corrected chi connectivity index (χ2v) is 5.76.